The van der Waals surface area contributed by atoms with E-state index in [-0.39, 0.29) is 12.1 Å². The third-order valence-electron chi connectivity index (χ3n) is 2.48. The summed E-state index contributed by atoms with van der Waals surface area (Å²) >= 11 is 0. The van der Waals surface area contributed by atoms with Gasteiger partial charge in [-0.25, -0.2) is 0 Å². The molecule has 1 fully saturated rings. The van der Waals surface area contributed by atoms with Crippen LogP contribution in [-0.2, 0) is 23.1 Å². The average molecular weight is 234 g/mol. The van der Waals surface area contributed by atoms with Crippen molar-refractivity contribution in [3.8, 4) is 0 Å². The molecule has 1 saturated heterocycles. The van der Waals surface area contributed by atoms with Crippen molar-refractivity contribution in [2.24, 2.45) is 0 Å². The molecule has 0 N–H and O–H groups in total. The lowest BCUT2D eigenvalue weighted by Crippen LogP contribution is -2.36. The molecule has 1 unspecified atom stereocenters. The molecule has 1 aliphatic rings. The van der Waals surface area contributed by atoms with Crippen molar-refractivity contribution >= 4 is 14.5 Å². The molecule has 0 spiro atoms. The Bertz CT molecular complexity index is 213. The van der Waals surface area contributed by atoms with Gasteiger partial charge in [0.1, 0.15) is 12.7 Å². The van der Waals surface area contributed by atoms with Crippen LogP contribution in [0.15, 0.2) is 0 Å². The van der Waals surface area contributed by atoms with E-state index in [9.17, 15) is 4.79 Å². The Kier molecular flexibility index (Phi) is 4.71. The van der Waals surface area contributed by atoms with Crippen LogP contribution in [0.5, 0.6) is 0 Å². The zero-order chi connectivity index (χ0) is 11.3. The largest absolute Gasteiger partial charge is 0.463 e. The second kappa shape index (κ2) is 5.60. The van der Waals surface area contributed by atoms with Crippen LogP contribution in [0, 0.1) is 0 Å². The van der Waals surface area contributed by atoms with E-state index in [0.717, 1.165) is 0 Å². The summed E-state index contributed by atoms with van der Waals surface area (Å²) in [7, 11) is 1.09. The molecule has 1 atom stereocenters. The summed E-state index contributed by atoms with van der Waals surface area (Å²) in [5.41, 5.74) is 0. The van der Waals surface area contributed by atoms with Crippen LogP contribution in [0.1, 0.15) is 6.42 Å². The topological polar surface area (TPSA) is 57.3 Å². The Labute approximate surface area is 90.9 Å². The van der Waals surface area contributed by atoms with Crippen LogP contribution in [0.3, 0.4) is 0 Å². The summed E-state index contributed by atoms with van der Waals surface area (Å²) in [6, 6.07) is 0.615. The number of epoxide rings is 1. The van der Waals surface area contributed by atoms with E-state index in [4.69, 9.17) is 18.3 Å². The van der Waals surface area contributed by atoms with Gasteiger partial charge < -0.3 is 18.3 Å². The van der Waals surface area contributed by atoms with Crippen molar-refractivity contribution in [3.05, 3.63) is 0 Å². The lowest BCUT2D eigenvalue weighted by Gasteiger charge is -2.21. The third-order valence-corrected chi connectivity index (χ3v) is 5.36. The summed E-state index contributed by atoms with van der Waals surface area (Å²) in [6.45, 7) is 3.00. The first-order valence-corrected chi connectivity index (χ1v) is 7.49. The minimum atomic E-state index is -2.13. The van der Waals surface area contributed by atoms with Gasteiger partial charge in [0.05, 0.1) is 6.61 Å². The van der Waals surface area contributed by atoms with Crippen LogP contribution in [0.2, 0.25) is 12.6 Å². The van der Waals surface area contributed by atoms with Crippen molar-refractivity contribution < 1.29 is 23.1 Å². The molecule has 6 heteroatoms. The molecule has 1 rings (SSSR count). The highest BCUT2D eigenvalue weighted by molar-refractivity contribution is 6.66. The lowest BCUT2D eigenvalue weighted by molar-refractivity contribution is -0.143. The molecule has 5 nitrogen and oxygen atoms in total. The fourth-order valence-corrected chi connectivity index (χ4v) is 2.27. The number of ether oxygens (including phenoxy) is 2. The normalized spacial score (nSPS) is 20.1. The van der Waals surface area contributed by atoms with Gasteiger partial charge in [-0.2, -0.15) is 0 Å². The lowest BCUT2D eigenvalue weighted by atomic mass is 10.5. The van der Waals surface area contributed by atoms with Crippen LogP contribution in [0.4, 0.5) is 0 Å². The van der Waals surface area contributed by atoms with E-state index in [2.05, 4.69) is 0 Å². The first kappa shape index (κ1) is 12.6. The van der Waals surface area contributed by atoms with E-state index < -0.39 is 8.56 Å². The van der Waals surface area contributed by atoms with Gasteiger partial charge in [-0.15, -0.1) is 0 Å². The van der Waals surface area contributed by atoms with Crippen LogP contribution < -0.4 is 0 Å². The molecule has 0 aromatic carbocycles. The SMILES string of the molecule is CO[Si](C)(CCC(=O)OCC1CO1)OC. The quantitative estimate of drug-likeness (QED) is 0.368. The van der Waals surface area contributed by atoms with Gasteiger partial charge in [-0.1, -0.05) is 0 Å². The molecule has 0 amide bonds. The predicted octanol–water partition coefficient (Wildman–Crippen LogP) is 0.683. The second-order valence-corrected chi connectivity index (χ2v) is 7.26. The number of hydrogen-bond donors (Lipinski definition) is 0. The van der Waals surface area contributed by atoms with Crippen LogP contribution >= 0.6 is 0 Å². The molecule has 15 heavy (non-hydrogen) atoms. The third kappa shape index (κ3) is 4.74. The smallest absolute Gasteiger partial charge is 0.334 e. The molecule has 0 saturated carbocycles. The number of carbonyl (C=O) groups is 1. The molecule has 1 aliphatic heterocycles. The van der Waals surface area contributed by atoms with Crippen molar-refractivity contribution in [2.45, 2.75) is 25.1 Å². The van der Waals surface area contributed by atoms with Crippen molar-refractivity contribution in [2.75, 3.05) is 27.4 Å². The zero-order valence-electron chi connectivity index (χ0n) is 9.45. The van der Waals surface area contributed by atoms with Gasteiger partial charge >= 0.3 is 14.5 Å². The molecule has 88 valence electrons. The molecule has 0 bridgehead atoms. The number of esters is 1. The monoisotopic (exact) mass is 234 g/mol. The molecule has 1 heterocycles. The highest BCUT2D eigenvalue weighted by atomic mass is 28.4. The van der Waals surface area contributed by atoms with E-state index in [1.165, 1.54) is 0 Å². The number of carbonyl (C=O) groups excluding carboxylic acids is 1. The Morgan fingerprint density at radius 2 is 2.07 bits per heavy atom. The fraction of sp³-hybridized carbons (Fsp3) is 0.889. The van der Waals surface area contributed by atoms with Crippen molar-refractivity contribution in [3.63, 3.8) is 0 Å². The van der Waals surface area contributed by atoms with Gasteiger partial charge in [-0.3, -0.25) is 4.79 Å². The van der Waals surface area contributed by atoms with E-state index in [1.807, 2.05) is 6.55 Å². The highest BCUT2D eigenvalue weighted by Crippen LogP contribution is 2.15. The van der Waals surface area contributed by atoms with Gasteiger partial charge in [0, 0.05) is 26.7 Å². The molecule has 0 aromatic rings. The predicted molar refractivity (Wildman–Crippen MR) is 55.8 cm³/mol. The Morgan fingerprint density at radius 3 is 2.53 bits per heavy atom. The van der Waals surface area contributed by atoms with Gasteiger partial charge in [0.2, 0.25) is 0 Å². The van der Waals surface area contributed by atoms with E-state index >= 15 is 0 Å². The zero-order valence-corrected chi connectivity index (χ0v) is 10.4. The maximum absolute atomic E-state index is 11.3. The van der Waals surface area contributed by atoms with Crippen LogP contribution in [-0.4, -0.2) is 48.1 Å². The maximum Gasteiger partial charge on any atom is 0.334 e. The van der Waals surface area contributed by atoms with Crippen LogP contribution in [0.25, 0.3) is 0 Å². The second-order valence-electron chi connectivity index (χ2n) is 3.68. The minimum absolute atomic E-state index is 0.127. The molecular formula is C9H18O5Si. The summed E-state index contributed by atoms with van der Waals surface area (Å²) in [6.07, 6.45) is 0.472. The maximum atomic E-state index is 11.3. The first-order chi connectivity index (χ1) is 7.09. The van der Waals surface area contributed by atoms with Crippen molar-refractivity contribution in [1.29, 1.82) is 0 Å². The van der Waals surface area contributed by atoms with Gasteiger partial charge in [-0.05, 0) is 6.55 Å². The Hall–Kier alpha value is -0.433. The van der Waals surface area contributed by atoms with Gasteiger partial charge in [0.25, 0.3) is 0 Å². The summed E-state index contributed by atoms with van der Waals surface area (Å²) in [4.78, 5) is 11.3. The summed E-state index contributed by atoms with van der Waals surface area (Å²) in [5.74, 6) is -0.210. The number of hydrogen-bond acceptors (Lipinski definition) is 5. The van der Waals surface area contributed by atoms with E-state index in [0.29, 0.717) is 25.7 Å². The average Bonchev–Trinajstić information content (AvgIpc) is 3.07. The Morgan fingerprint density at radius 1 is 1.47 bits per heavy atom. The van der Waals surface area contributed by atoms with Crippen molar-refractivity contribution in [1.82, 2.24) is 0 Å². The summed E-state index contributed by atoms with van der Waals surface area (Å²) in [5, 5.41) is 0. The highest BCUT2D eigenvalue weighted by Gasteiger charge is 2.30. The van der Waals surface area contributed by atoms with Gasteiger partial charge in [0.15, 0.2) is 0 Å². The summed E-state index contributed by atoms with van der Waals surface area (Å²) < 4.78 is 20.4. The molecule has 0 aliphatic carbocycles. The molecule has 0 aromatic heterocycles. The minimum Gasteiger partial charge on any atom is -0.463 e. The number of rotatable bonds is 7. The fourth-order valence-electron chi connectivity index (χ4n) is 1.04. The molecule has 0 radical (unpaired) electrons. The molecular weight excluding hydrogens is 216 g/mol. The standard InChI is InChI=1S/C9H18O5Si/c1-11-15(3,12-2)5-4-9(10)14-7-8-6-13-8/h8H,4-7H2,1-3H3. The van der Waals surface area contributed by atoms with E-state index in [1.54, 1.807) is 14.2 Å². The Balaban J connectivity index is 2.13. The first-order valence-electron chi connectivity index (χ1n) is 4.97.